The normalized spacial score (nSPS) is 14.2. The number of rotatable bonds is 2. The molecule has 0 aliphatic rings. The second kappa shape index (κ2) is 6.45. The van der Waals surface area contributed by atoms with Crippen LogP contribution in [0, 0.1) is 20.7 Å². The van der Waals surface area contributed by atoms with Crippen LogP contribution in [0.15, 0.2) is 48.5 Å². The zero-order valence-corrected chi connectivity index (χ0v) is 18.6. The number of aryl methyl sites for hydroxylation is 3. The Balaban J connectivity index is 2.22. The Bertz CT molecular complexity index is 1270. The number of hydrogen-bond donors (Lipinski definition) is 0. The molecule has 0 radical (unpaired) electrons. The van der Waals surface area contributed by atoms with Crippen LogP contribution >= 0.6 is 0 Å². The third-order valence-electron chi connectivity index (χ3n) is 5.01. The number of nitrogens with zero attached hydrogens (tertiary/aromatic N) is 2. The van der Waals surface area contributed by atoms with Crippen molar-refractivity contribution in [1.29, 1.82) is 0 Å². The molecule has 0 saturated carbocycles. The van der Waals surface area contributed by atoms with E-state index in [1.165, 1.54) is 4.40 Å². The van der Waals surface area contributed by atoms with Gasteiger partial charge in [0.15, 0.2) is 0 Å². The Morgan fingerprint density at radius 2 is 1.63 bits per heavy atom. The molecule has 1 heterocycles. The first kappa shape index (κ1) is 14.8. The van der Waals surface area contributed by atoms with Crippen molar-refractivity contribution in [1.82, 2.24) is 9.97 Å². The molecular weight excluding hydrogens is 389 g/mol. The molecule has 2 nitrogen and oxygen atoms in total. The van der Waals surface area contributed by atoms with Gasteiger partial charge in [-0.2, -0.15) is 0 Å². The van der Waals surface area contributed by atoms with Crippen molar-refractivity contribution in [2.75, 3.05) is 0 Å². The standard InChI is InChI=1S/C24H26GeN2/c1-15-12-16(2)14-19(13-15)23-20-11-10-18-8-7-9-21(25(4,5)6)22(18)24(20)27-17(3)26-23/h7-14H,1-6H3/i3D3. The van der Waals surface area contributed by atoms with Crippen molar-refractivity contribution in [3.8, 4) is 11.3 Å². The van der Waals surface area contributed by atoms with Crippen molar-refractivity contribution < 1.29 is 4.11 Å². The molecule has 4 aromatic rings. The Labute approximate surface area is 168 Å². The fraction of sp³-hybridized carbons (Fsp3) is 0.250. The van der Waals surface area contributed by atoms with E-state index in [1.807, 2.05) is 19.9 Å². The molecule has 3 aromatic carbocycles. The van der Waals surface area contributed by atoms with E-state index in [1.54, 1.807) is 0 Å². The van der Waals surface area contributed by atoms with Crippen molar-refractivity contribution in [3.63, 3.8) is 0 Å². The molecule has 0 spiro atoms. The third-order valence-corrected chi connectivity index (χ3v) is 9.28. The van der Waals surface area contributed by atoms with Gasteiger partial charge in [-0.15, -0.1) is 0 Å². The van der Waals surface area contributed by atoms with Gasteiger partial charge in [-0.1, -0.05) is 0 Å². The van der Waals surface area contributed by atoms with Crippen molar-refractivity contribution in [2.45, 2.75) is 38.0 Å². The summed E-state index contributed by atoms with van der Waals surface area (Å²) in [5.74, 6) is 6.96. The predicted molar refractivity (Wildman–Crippen MR) is 120 cm³/mol. The van der Waals surface area contributed by atoms with E-state index in [2.05, 4.69) is 69.7 Å². The molecule has 4 rings (SSSR count). The summed E-state index contributed by atoms with van der Waals surface area (Å²) in [5, 5.41) is 3.09. The van der Waals surface area contributed by atoms with Gasteiger partial charge in [-0.25, -0.2) is 0 Å². The summed E-state index contributed by atoms with van der Waals surface area (Å²) in [6, 6.07) is 16.8. The Morgan fingerprint density at radius 3 is 2.30 bits per heavy atom. The Hall–Kier alpha value is -2.20. The second-order valence-corrected chi connectivity index (χ2v) is 19.0. The van der Waals surface area contributed by atoms with Crippen LogP contribution < -0.4 is 4.40 Å². The maximum absolute atomic E-state index is 8.00. The SMILES string of the molecule is [2H]C([2H])([2H])c1nc(-c2cc(C)cc(C)c2)c2ccc3ccc[c]([Ge]([CH3])([CH3])[CH3])c3c2n1. The van der Waals surface area contributed by atoms with Crippen LogP contribution in [0.4, 0.5) is 0 Å². The van der Waals surface area contributed by atoms with Crippen LogP contribution in [0.25, 0.3) is 32.9 Å². The topological polar surface area (TPSA) is 25.8 Å². The molecule has 0 atom stereocenters. The number of hydrogen-bond acceptors (Lipinski definition) is 2. The summed E-state index contributed by atoms with van der Waals surface area (Å²) in [6.45, 7) is 1.72. The Kier molecular flexibility index (Phi) is 3.54. The molecule has 1 aromatic heterocycles. The number of fused-ring (bicyclic) bond motifs is 3. The minimum absolute atomic E-state index is 0.0899. The molecule has 3 heteroatoms. The fourth-order valence-corrected chi connectivity index (χ4v) is 7.30. The summed E-state index contributed by atoms with van der Waals surface area (Å²) in [4.78, 5) is 9.20. The van der Waals surface area contributed by atoms with Gasteiger partial charge in [-0.05, 0) is 0 Å². The molecule has 0 saturated heterocycles. The van der Waals surface area contributed by atoms with E-state index < -0.39 is 20.1 Å². The van der Waals surface area contributed by atoms with Crippen LogP contribution in [0.2, 0.25) is 17.3 Å². The van der Waals surface area contributed by atoms with Gasteiger partial charge in [0.25, 0.3) is 0 Å². The van der Waals surface area contributed by atoms with Crippen LogP contribution in [-0.4, -0.2) is 23.2 Å². The van der Waals surface area contributed by atoms with Crippen LogP contribution in [-0.2, 0) is 0 Å². The van der Waals surface area contributed by atoms with E-state index in [9.17, 15) is 0 Å². The van der Waals surface area contributed by atoms with Crippen LogP contribution in [0.1, 0.15) is 21.1 Å². The summed E-state index contributed by atoms with van der Waals surface area (Å²) < 4.78 is 25.3. The second-order valence-electron chi connectivity index (χ2n) is 8.39. The first-order valence-electron chi connectivity index (χ1n) is 10.8. The molecule has 0 N–H and O–H groups in total. The maximum atomic E-state index is 8.00. The molecule has 0 fully saturated rings. The van der Waals surface area contributed by atoms with Crippen molar-refractivity contribution in [2.24, 2.45) is 0 Å². The van der Waals surface area contributed by atoms with E-state index in [0.29, 0.717) is 5.69 Å². The van der Waals surface area contributed by atoms with E-state index >= 15 is 0 Å². The first-order chi connectivity index (χ1) is 13.9. The minimum atomic E-state index is -2.37. The van der Waals surface area contributed by atoms with Gasteiger partial charge in [-0.3, -0.25) is 0 Å². The van der Waals surface area contributed by atoms with Gasteiger partial charge in [0, 0.05) is 0 Å². The van der Waals surface area contributed by atoms with E-state index in [-0.39, 0.29) is 5.82 Å². The van der Waals surface area contributed by atoms with Gasteiger partial charge in [0.05, 0.1) is 0 Å². The average molecular weight is 418 g/mol. The molecule has 136 valence electrons. The van der Waals surface area contributed by atoms with Crippen LogP contribution in [0.5, 0.6) is 0 Å². The zero-order chi connectivity index (χ0) is 21.8. The van der Waals surface area contributed by atoms with Gasteiger partial charge in [0.1, 0.15) is 0 Å². The summed E-state index contributed by atoms with van der Waals surface area (Å²) >= 11 is -2.25. The molecular formula is C24H26GeN2. The Morgan fingerprint density at radius 1 is 0.889 bits per heavy atom. The van der Waals surface area contributed by atoms with Gasteiger partial charge < -0.3 is 0 Å². The predicted octanol–water partition coefficient (Wildman–Crippen LogP) is 5.92. The zero-order valence-electron chi connectivity index (χ0n) is 19.5. The average Bonchev–Trinajstić information content (AvgIpc) is 2.64. The van der Waals surface area contributed by atoms with Gasteiger partial charge >= 0.3 is 168 Å². The molecule has 0 bridgehead atoms. The van der Waals surface area contributed by atoms with Crippen molar-refractivity contribution in [3.05, 3.63) is 65.5 Å². The third kappa shape index (κ3) is 3.27. The molecule has 0 aliphatic heterocycles. The molecule has 0 unspecified atom stereocenters. The first-order valence-corrected chi connectivity index (χ1v) is 16.6. The monoisotopic (exact) mass is 419 g/mol. The van der Waals surface area contributed by atoms with E-state index in [4.69, 9.17) is 4.11 Å². The summed E-state index contributed by atoms with van der Waals surface area (Å²) in [5.41, 5.74) is 4.62. The summed E-state index contributed by atoms with van der Waals surface area (Å²) in [7, 11) is 0. The quantitative estimate of drug-likeness (QED) is 0.298. The molecule has 0 aliphatic carbocycles. The van der Waals surface area contributed by atoms with Crippen molar-refractivity contribution >= 4 is 39.3 Å². The summed E-state index contributed by atoms with van der Waals surface area (Å²) in [6.07, 6.45) is 0. The molecule has 27 heavy (non-hydrogen) atoms. The van der Waals surface area contributed by atoms with Gasteiger partial charge in [0.2, 0.25) is 0 Å². The number of benzene rings is 3. The number of aromatic nitrogens is 2. The van der Waals surface area contributed by atoms with Crippen LogP contribution in [0.3, 0.4) is 0 Å². The van der Waals surface area contributed by atoms with E-state index in [0.717, 1.165) is 38.4 Å². The fourth-order valence-electron chi connectivity index (χ4n) is 3.92. The molecule has 0 amide bonds.